The van der Waals surface area contributed by atoms with Crippen LogP contribution in [0.5, 0.6) is 0 Å². The molecule has 0 spiro atoms. The number of aryl methyl sites for hydroxylation is 2. The molecule has 2 aromatic heterocycles. The molecule has 102 valence electrons. The zero-order valence-electron chi connectivity index (χ0n) is 11.1. The van der Waals surface area contributed by atoms with Gasteiger partial charge in [-0.25, -0.2) is 4.68 Å². The molecule has 1 aliphatic carbocycles. The quantitative estimate of drug-likeness (QED) is 0.867. The lowest BCUT2D eigenvalue weighted by molar-refractivity contribution is 0.564. The second-order valence-corrected chi connectivity index (χ2v) is 5.73. The van der Waals surface area contributed by atoms with E-state index in [1.807, 2.05) is 23.3 Å². The van der Waals surface area contributed by atoms with Gasteiger partial charge in [-0.3, -0.25) is 4.68 Å². The summed E-state index contributed by atoms with van der Waals surface area (Å²) < 4.78 is 3.80. The van der Waals surface area contributed by atoms with Crippen LogP contribution in [0.15, 0.2) is 10.2 Å². The first-order chi connectivity index (χ1) is 9.20. The van der Waals surface area contributed by atoms with E-state index in [-0.39, 0.29) is 0 Å². The minimum atomic E-state index is 0.477. The molecule has 2 heterocycles. The van der Waals surface area contributed by atoms with Gasteiger partial charge in [-0.05, 0) is 54.9 Å². The molecule has 0 amide bonds. The molecule has 0 saturated heterocycles. The number of hydrogen-bond acceptors (Lipinski definition) is 6. The van der Waals surface area contributed by atoms with Gasteiger partial charge < -0.3 is 5.73 Å². The normalized spacial score (nSPS) is 15.1. The highest BCUT2D eigenvalue weighted by molar-refractivity contribution is 7.99. The monoisotopic (exact) mass is 279 g/mol. The second kappa shape index (κ2) is 4.93. The predicted molar refractivity (Wildman–Crippen MR) is 70.9 cm³/mol. The highest BCUT2D eigenvalue weighted by Crippen LogP contribution is 2.38. The molecule has 1 fully saturated rings. The standard InChI is InChI=1S/C11H17N7S/c1-7-9(5-6-12)10(17(2)14-7)19-11-13-15-16-18(11)8-3-4-8/h8H,3-6,12H2,1-2H3. The predicted octanol–water partition coefficient (Wildman–Crippen LogP) is 0.702. The van der Waals surface area contributed by atoms with E-state index in [4.69, 9.17) is 5.73 Å². The Hall–Kier alpha value is -1.41. The largest absolute Gasteiger partial charge is 0.330 e. The van der Waals surface area contributed by atoms with Gasteiger partial charge in [-0.15, -0.1) is 5.10 Å². The lowest BCUT2D eigenvalue weighted by Gasteiger charge is -2.05. The molecule has 7 nitrogen and oxygen atoms in total. The molecule has 0 aromatic carbocycles. The summed E-state index contributed by atoms with van der Waals surface area (Å²) in [5, 5.41) is 18.3. The number of tetrazole rings is 1. The fraction of sp³-hybridized carbons (Fsp3) is 0.636. The maximum atomic E-state index is 5.68. The number of nitrogens with zero attached hydrogens (tertiary/aromatic N) is 6. The molecule has 1 saturated carbocycles. The minimum absolute atomic E-state index is 0.477. The van der Waals surface area contributed by atoms with E-state index in [1.165, 1.54) is 18.4 Å². The number of aromatic nitrogens is 6. The highest BCUT2D eigenvalue weighted by Gasteiger charge is 2.29. The second-order valence-electron chi connectivity index (χ2n) is 4.77. The van der Waals surface area contributed by atoms with Crippen LogP contribution in [0.3, 0.4) is 0 Å². The summed E-state index contributed by atoms with van der Waals surface area (Å²) >= 11 is 1.57. The lowest BCUT2D eigenvalue weighted by Crippen LogP contribution is -2.05. The van der Waals surface area contributed by atoms with E-state index in [0.717, 1.165) is 22.3 Å². The molecule has 0 radical (unpaired) electrons. The molecule has 0 unspecified atom stereocenters. The van der Waals surface area contributed by atoms with E-state index < -0.39 is 0 Å². The van der Waals surface area contributed by atoms with Crippen molar-refractivity contribution in [1.29, 1.82) is 0 Å². The molecular weight excluding hydrogens is 262 g/mol. The Labute approximate surface area is 115 Å². The first-order valence-corrected chi connectivity index (χ1v) is 7.20. The smallest absolute Gasteiger partial charge is 0.215 e. The van der Waals surface area contributed by atoms with Crippen LogP contribution in [0.2, 0.25) is 0 Å². The molecule has 2 N–H and O–H groups in total. The van der Waals surface area contributed by atoms with Crippen molar-refractivity contribution in [3.05, 3.63) is 11.3 Å². The Morgan fingerprint density at radius 2 is 2.21 bits per heavy atom. The summed E-state index contributed by atoms with van der Waals surface area (Å²) in [4.78, 5) is 0. The third kappa shape index (κ3) is 2.37. The Balaban J connectivity index is 1.91. The maximum Gasteiger partial charge on any atom is 0.215 e. The minimum Gasteiger partial charge on any atom is -0.330 e. The van der Waals surface area contributed by atoms with Crippen molar-refractivity contribution in [3.8, 4) is 0 Å². The van der Waals surface area contributed by atoms with Crippen LogP contribution in [-0.4, -0.2) is 36.5 Å². The van der Waals surface area contributed by atoms with E-state index in [2.05, 4.69) is 20.6 Å². The number of hydrogen-bond donors (Lipinski definition) is 1. The summed E-state index contributed by atoms with van der Waals surface area (Å²) in [5.41, 5.74) is 7.90. The zero-order chi connectivity index (χ0) is 13.4. The van der Waals surface area contributed by atoms with Crippen LogP contribution < -0.4 is 5.73 Å². The van der Waals surface area contributed by atoms with Gasteiger partial charge in [0.05, 0.1) is 11.7 Å². The van der Waals surface area contributed by atoms with Crippen LogP contribution in [0.25, 0.3) is 0 Å². The maximum absolute atomic E-state index is 5.68. The number of rotatable bonds is 5. The molecular formula is C11H17N7S. The van der Waals surface area contributed by atoms with Gasteiger partial charge in [-0.1, -0.05) is 0 Å². The summed E-state index contributed by atoms with van der Waals surface area (Å²) in [6, 6.07) is 0.477. The van der Waals surface area contributed by atoms with Gasteiger partial charge in [-0.2, -0.15) is 5.10 Å². The van der Waals surface area contributed by atoms with Crippen LogP contribution >= 0.6 is 11.8 Å². The van der Waals surface area contributed by atoms with Gasteiger partial charge in [0.2, 0.25) is 5.16 Å². The van der Waals surface area contributed by atoms with E-state index in [9.17, 15) is 0 Å². The van der Waals surface area contributed by atoms with E-state index in [0.29, 0.717) is 12.6 Å². The fourth-order valence-corrected chi connectivity index (χ4v) is 3.20. The summed E-state index contributed by atoms with van der Waals surface area (Å²) in [6.07, 6.45) is 3.16. The van der Waals surface area contributed by atoms with E-state index >= 15 is 0 Å². The topological polar surface area (TPSA) is 87.4 Å². The Morgan fingerprint density at radius 3 is 2.89 bits per heavy atom. The summed E-state index contributed by atoms with van der Waals surface area (Å²) in [7, 11) is 1.95. The van der Waals surface area contributed by atoms with Crippen LogP contribution in [-0.2, 0) is 13.5 Å². The first-order valence-electron chi connectivity index (χ1n) is 6.39. The summed E-state index contributed by atoms with van der Waals surface area (Å²) in [6.45, 7) is 2.63. The number of nitrogens with two attached hydrogens (primary N) is 1. The molecule has 1 aliphatic rings. The van der Waals surface area contributed by atoms with Gasteiger partial charge in [0.15, 0.2) is 0 Å². The molecule has 0 atom stereocenters. The Kier molecular flexibility index (Phi) is 3.28. The van der Waals surface area contributed by atoms with Crippen molar-refractivity contribution in [2.75, 3.05) is 6.54 Å². The molecule has 0 bridgehead atoms. The fourth-order valence-electron chi connectivity index (χ4n) is 2.13. The van der Waals surface area contributed by atoms with Crippen molar-refractivity contribution in [2.24, 2.45) is 12.8 Å². The Morgan fingerprint density at radius 1 is 1.42 bits per heavy atom. The van der Waals surface area contributed by atoms with Gasteiger partial charge in [0, 0.05) is 12.6 Å². The molecule has 0 aliphatic heterocycles. The Bertz CT molecular complexity index is 584. The van der Waals surface area contributed by atoms with Crippen LogP contribution in [0.1, 0.15) is 30.1 Å². The average Bonchev–Trinajstić information content (AvgIpc) is 3.07. The van der Waals surface area contributed by atoms with Crippen LogP contribution in [0, 0.1) is 6.92 Å². The third-order valence-electron chi connectivity index (χ3n) is 3.23. The highest BCUT2D eigenvalue weighted by atomic mass is 32.2. The van der Waals surface area contributed by atoms with Crippen molar-refractivity contribution in [3.63, 3.8) is 0 Å². The van der Waals surface area contributed by atoms with Crippen molar-refractivity contribution >= 4 is 11.8 Å². The molecule has 19 heavy (non-hydrogen) atoms. The first kappa shape index (κ1) is 12.6. The molecule has 8 heteroatoms. The summed E-state index contributed by atoms with van der Waals surface area (Å²) in [5.74, 6) is 0. The van der Waals surface area contributed by atoms with Gasteiger partial charge in [0.25, 0.3) is 0 Å². The lowest BCUT2D eigenvalue weighted by atomic mass is 10.2. The average molecular weight is 279 g/mol. The van der Waals surface area contributed by atoms with Gasteiger partial charge >= 0.3 is 0 Å². The molecule has 2 aromatic rings. The molecule has 3 rings (SSSR count). The van der Waals surface area contributed by atoms with Crippen molar-refractivity contribution in [2.45, 2.75) is 42.4 Å². The van der Waals surface area contributed by atoms with Crippen LogP contribution in [0.4, 0.5) is 0 Å². The third-order valence-corrected chi connectivity index (χ3v) is 4.38. The van der Waals surface area contributed by atoms with Gasteiger partial charge in [0.1, 0.15) is 5.03 Å². The zero-order valence-corrected chi connectivity index (χ0v) is 11.9. The van der Waals surface area contributed by atoms with E-state index in [1.54, 1.807) is 11.8 Å². The van der Waals surface area contributed by atoms with Crippen molar-refractivity contribution < 1.29 is 0 Å². The SMILES string of the molecule is Cc1nn(C)c(Sc2nnnn2C2CC2)c1CCN. The van der Waals surface area contributed by atoms with Crippen molar-refractivity contribution in [1.82, 2.24) is 30.0 Å².